The number of nitrogens with one attached hydrogen (secondary N) is 2. The maximum atomic E-state index is 14.0. The van der Waals surface area contributed by atoms with Gasteiger partial charge in [0, 0.05) is 30.9 Å². The van der Waals surface area contributed by atoms with Gasteiger partial charge in [-0.1, -0.05) is 59.6 Å². The molecule has 1 aliphatic rings. The lowest BCUT2D eigenvalue weighted by Crippen LogP contribution is -2.58. The van der Waals surface area contributed by atoms with Gasteiger partial charge in [-0.15, -0.1) is 11.3 Å². The minimum atomic E-state index is -1.03. The van der Waals surface area contributed by atoms with Gasteiger partial charge in [0.05, 0.1) is 26.2 Å². The average molecular weight is 730 g/mol. The summed E-state index contributed by atoms with van der Waals surface area (Å²) < 4.78 is 10.2. The van der Waals surface area contributed by atoms with Crippen LogP contribution in [-0.4, -0.2) is 103 Å². The Morgan fingerprint density at radius 1 is 1.06 bits per heavy atom. The topological polar surface area (TPSA) is 150 Å². The van der Waals surface area contributed by atoms with Gasteiger partial charge in [0.15, 0.2) is 0 Å². The van der Waals surface area contributed by atoms with Crippen molar-refractivity contribution < 1.29 is 33.8 Å². The lowest BCUT2D eigenvalue weighted by molar-refractivity contribution is -0.145. The first-order chi connectivity index (χ1) is 24.2. The molecule has 12 nitrogen and oxygen atoms in total. The average Bonchev–Trinajstić information content (AvgIpc) is 3.62. The van der Waals surface area contributed by atoms with Crippen molar-refractivity contribution in [1.29, 1.82) is 0 Å². The van der Waals surface area contributed by atoms with E-state index >= 15 is 0 Å². The molecule has 0 radical (unpaired) electrons. The Morgan fingerprint density at radius 2 is 1.75 bits per heavy atom. The van der Waals surface area contributed by atoms with Crippen LogP contribution >= 0.6 is 11.3 Å². The second-order valence-corrected chi connectivity index (χ2v) is 15.2. The van der Waals surface area contributed by atoms with E-state index in [2.05, 4.69) is 20.5 Å². The number of hydrogen-bond acceptors (Lipinski definition) is 10. The summed E-state index contributed by atoms with van der Waals surface area (Å²) in [5, 5.41) is 19.5. The number of rotatable bonds is 18. The fourth-order valence-corrected chi connectivity index (χ4v) is 7.49. The number of thiazole rings is 1. The number of likely N-dealkylation sites (N-methyl/N-ethyl adjacent to an activating group) is 2. The maximum absolute atomic E-state index is 14.0. The van der Waals surface area contributed by atoms with E-state index < -0.39 is 30.0 Å². The molecule has 0 saturated carbocycles. The Kier molecular flexibility index (Phi) is 16.3. The predicted octanol–water partition coefficient (Wildman–Crippen LogP) is 4.61. The Bertz CT molecular complexity index is 1430. The van der Waals surface area contributed by atoms with Crippen LogP contribution in [-0.2, 0) is 25.5 Å². The van der Waals surface area contributed by atoms with Gasteiger partial charge in [0.25, 0.3) is 5.91 Å². The Morgan fingerprint density at radius 3 is 2.33 bits per heavy atom. The summed E-state index contributed by atoms with van der Waals surface area (Å²) in [5.74, 6) is -0.902. The number of methoxy groups -OCH3 is 2. The lowest BCUT2D eigenvalue weighted by atomic mass is 9.92. The van der Waals surface area contributed by atoms with Crippen molar-refractivity contribution in [3.63, 3.8) is 0 Å². The third kappa shape index (κ3) is 11.7. The van der Waals surface area contributed by atoms with Crippen LogP contribution < -0.4 is 15.4 Å². The van der Waals surface area contributed by atoms with Gasteiger partial charge in [-0.3, -0.25) is 24.1 Å². The van der Waals surface area contributed by atoms with Crippen LogP contribution in [0.1, 0.15) is 100 Å². The standard InChI is InChI=1S/C38H59N5O7S/c1-10-24(4)33(41-35(46)30-13-11-12-18-42(30)6)37(47)43(7)31(23(2)3)21-32(44)36-40-29(22-51-36)34(45)39-27(19-25(5)38(48)50-9)20-26-14-16-28(49-8)17-15-26/h14-17,22-25,27,30-33,44H,10-13,18-21H2,1-9H3,(H,39,45)(H,41,46)/t24?,25-,27+,30?,31?,32+,33-/m0/s1. The van der Waals surface area contributed by atoms with Crippen LogP contribution in [0.4, 0.5) is 0 Å². The van der Waals surface area contributed by atoms with Crippen LogP contribution in [0.15, 0.2) is 29.6 Å². The number of nitrogens with zero attached hydrogens (tertiary/aromatic N) is 3. The summed E-state index contributed by atoms with van der Waals surface area (Å²) in [7, 11) is 6.62. The molecule has 2 aromatic rings. The number of esters is 1. The minimum Gasteiger partial charge on any atom is -0.497 e. The van der Waals surface area contributed by atoms with Crippen molar-refractivity contribution in [2.45, 2.75) is 110 Å². The molecular weight excluding hydrogens is 671 g/mol. The molecule has 0 spiro atoms. The molecule has 1 fully saturated rings. The minimum absolute atomic E-state index is 0.00962. The molecule has 284 valence electrons. The first kappa shape index (κ1) is 41.9. The summed E-state index contributed by atoms with van der Waals surface area (Å²) >= 11 is 1.18. The quantitative estimate of drug-likeness (QED) is 0.187. The van der Waals surface area contributed by atoms with E-state index in [4.69, 9.17) is 9.47 Å². The molecule has 7 atom stereocenters. The second-order valence-electron chi connectivity index (χ2n) is 14.3. The molecule has 0 bridgehead atoms. The zero-order valence-corrected chi connectivity index (χ0v) is 32.6. The number of piperidine rings is 1. The van der Waals surface area contributed by atoms with E-state index in [0.29, 0.717) is 24.3 Å². The van der Waals surface area contributed by atoms with Crippen molar-refractivity contribution in [1.82, 2.24) is 25.4 Å². The molecule has 3 amide bonds. The number of benzene rings is 1. The Hall–Kier alpha value is -3.55. The zero-order valence-electron chi connectivity index (χ0n) is 31.8. The summed E-state index contributed by atoms with van der Waals surface area (Å²) in [6.07, 6.45) is 3.53. The zero-order chi connectivity index (χ0) is 37.8. The van der Waals surface area contributed by atoms with E-state index in [0.717, 1.165) is 37.1 Å². The van der Waals surface area contributed by atoms with E-state index in [-0.39, 0.29) is 53.8 Å². The molecule has 3 N–H and O–H groups in total. The van der Waals surface area contributed by atoms with E-state index in [1.807, 2.05) is 59.0 Å². The van der Waals surface area contributed by atoms with Crippen molar-refractivity contribution in [2.24, 2.45) is 17.8 Å². The molecule has 13 heteroatoms. The molecule has 3 unspecified atom stereocenters. The van der Waals surface area contributed by atoms with Gasteiger partial charge >= 0.3 is 5.97 Å². The molecule has 1 aliphatic heterocycles. The summed E-state index contributed by atoms with van der Waals surface area (Å²) in [6.45, 7) is 10.6. The van der Waals surface area contributed by atoms with Gasteiger partial charge in [0.2, 0.25) is 11.8 Å². The highest BCUT2D eigenvalue weighted by molar-refractivity contribution is 7.09. The molecule has 2 heterocycles. The number of aliphatic hydroxyl groups excluding tert-OH is 1. The van der Waals surface area contributed by atoms with Crippen molar-refractivity contribution >= 4 is 35.0 Å². The highest BCUT2D eigenvalue weighted by atomic mass is 32.1. The normalized spacial score (nSPS) is 18.5. The van der Waals surface area contributed by atoms with Crippen molar-refractivity contribution in [2.75, 3.05) is 34.9 Å². The number of aromatic nitrogens is 1. The van der Waals surface area contributed by atoms with Gasteiger partial charge in [-0.05, 0) is 68.8 Å². The van der Waals surface area contributed by atoms with Crippen LogP contribution in [0.3, 0.4) is 0 Å². The Balaban J connectivity index is 1.72. The smallest absolute Gasteiger partial charge is 0.308 e. The third-order valence-corrected chi connectivity index (χ3v) is 11.1. The van der Waals surface area contributed by atoms with Crippen LogP contribution in [0.5, 0.6) is 5.75 Å². The third-order valence-electron chi connectivity index (χ3n) is 10.2. The molecule has 1 aromatic heterocycles. The molecule has 1 aromatic carbocycles. The summed E-state index contributed by atoms with van der Waals surface area (Å²) in [6, 6.07) is 5.83. The molecule has 3 rings (SSSR count). The second kappa shape index (κ2) is 19.9. The largest absolute Gasteiger partial charge is 0.497 e. The van der Waals surface area contributed by atoms with Gasteiger partial charge < -0.3 is 30.1 Å². The fourth-order valence-electron chi connectivity index (χ4n) is 6.70. The molecular formula is C38H59N5O7S. The van der Waals surface area contributed by atoms with Gasteiger partial charge in [-0.25, -0.2) is 4.98 Å². The van der Waals surface area contributed by atoms with Crippen molar-refractivity contribution in [3.8, 4) is 5.75 Å². The molecule has 51 heavy (non-hydrogen) atoms. The van der Waals surface area contributed by atoms with Crippen LogP contribution in [0, 0.1) is 17.8 Å². The number of likely N-dealkylation sites (tertiary alicyclic amines) is 1. The fraction of sp³-hybridized carbons (Fsp3) is 0.658. The maximum Gasteiger partial charge on any atom is 0.308 e. The number of hydrogen-bond donors (Lipinski definition) is 3. The highest BCUT2D eigenvalue weighted by Gasteiger charge is 2.36. The van der Waals surface area contributed by atoms with Crippen LogP contribution in [0.25, 0.3) is 0 Å². The molecule has 0 aliphatic carbocycles. The van der Waals surface area contributed by atoms with Crippen LogP contribution in [0.2, 0.25) is 0 Å². The number of ether oxygens (including phenoxy) is 2. The summed E-state index contributed by atoms with van der Waals surface area (Å²) in [5.41, 5.74) is 1.12. The number of carbonyl (C=O) groups is 4. The highest BCUT2D eigenvalue weighted by Crippen LogP contribution is 2.28. The lowest BCUT2D eigenvalue weighted by Gasteiger charge is -2.38. The van der Waals surface area contributed by atoms with E-state index in [9.17, 15) is 24.3 Å². The van der Waals surface area contributed by atoms with Gasteiger partial charge in [0.1, 0.15) is 28.6 Å². The number of aliphatic hydroxyl groups is 1. The first-order valence-electron chi connectivity index (χ1n) is 18.1. The number of amides is 3. The Labute approximate surface area is 307 Å². The van der Waals surface area contributed by atoms with Crippen molar-refractivity contribution in [3.05, 3.63) is 45.9 Å². The first-order valence-corrected chi connectivity index (χ1v) is 19.0. The summed E-state index contributed by atoms with van der Waals surface area (Å²) in [4.78, 5) is 61.2. The molecule has 1 saturated heterocycles. The monoisotopic (exact) mass is 729 g/mol. The van der Waals surface area contributed by atoms with Gasteiger partial charge in [-0.2, -0.15) is 0 Å². The predicted molar refractivity (Wildman–Crippen MR) is 198 cm³/mol. The van der Waals surface area contributed by atoms with E-state index in [1.54, 1.807) is 31.4 Å². The number of carbonyl (C=O) groups excluding carboxylic acids is 4. The van der Waals surface area contributed by atoms with E-state index in [1.165, 1.54) is 18.4 Å². The SMILES string of the molecule is CCC(C)[C@H](NC(=O)C1CCCCN1C)C(=O)N(C)C(C[C@@H](O)c1nc(C(=O)N[C@@H](Cc2ccc(OC)cc2)C[C@H](C)C(=O)OC)cs1)C(C)C.